The quantitative estimate of drug-likeness (QED) is 0.493. The zero-order valence-electron chi connectivity index (χ0n) is 6.75. The fraction of sp³-hybridized carbons (Fsp3) is 0.167. The molecule has 0 aliphatic rings. The van der Waals surface area contributed by atoms with Crippen LogP contribution in [-0.4, -0.2) is 16.2 Å². The Balaban J connectivity index is 0.00000144. The fourth-order valence-corrected chi connectivity index (χ4v) is 0.996. The second-order valence-electron chi connectivity index (χ2n) is 2.03. The number of hydrogen-bond acceptors (Lipinski definition) is 4. The first kappa shape index (κ1) is 12.7. The molecule has 1 aromatic heterocycles. The number of hydrogen-bond donors (Lipinski definition) is 0. The van der Waals surface area contributed by atoms with Crippen LogP contribution in [0.3, 0.4) is 0 Å². The largest absolute Gasteiger partial charge is 1.00 e. The first-order valence-corrected chi connectivity index (χ1v) is 3.72. The minimum atomic E-state index is -1.24. The summed E-state index contributed by atoms with van der Waals surface area (Å²) in [7, 11) is 0. The minimum Gasteiger partial charge on any atom is -0.550 e. The monoisotopic (exact) mass is 212 g/mol. The molecule has 0 unspecified atom stereocenters. The van der Waals surface area contributed by atoms with Crippen LogP contribution in [0.2, 0.25) is 10.3 Å². The van der Waals surface area contributed by atoms with Crippen LogP contribution < -0.4 is 24.0 Å². The smallest absolute Gasteiger partial charge is 0.550 e. The van der Waals surface area contributed by atoms with E-state index < -0.39 is 5.97 Å². The predicted molar refractivity (Wildman–Crippen MR) is 40.8 cm³/mol. The van der Waals surface area contributed by atoms with Gasteiger partial charge in [0, 0.05) is 18.0 Å². The van der Waals surface area contributed by atoms with E-state index >= 15 is 0 Å². The van der Waals surface area contributed by atoms with Crippen molar-refractivity contribution in [1.82, 2.24) is 10.2 Å². The topological polar surface area (TPSA) is 65.9 Å². The molecule has 1 heterocycles. The van der Waals surface area contributed by atoms with E-state index in [1.807, 2.05) is 0 Å². The minimum absolute atomic E-state index is 0. The molecule has 0 radical (unpaired) electrons. The summed E-state index contributed by atoms with van der Waals surface area (Å²) in [5.74, 6) is -1.24. The molecule has 0 saturated carbocycles. The van der Waals surface area contributed by atoms with E-state index in [0.29, 0.717) is 5.56 Å². The van der Waals surface area contributed by atoms with Crippen LogP contribution in [0, 0.1) is 0 Å². The van der Waals surface area contributed by atoms with Gasteiger partial charge in [0.05, 0.1) is 0 Å². The Hall–Kier alpha value is -0.273. The van der Waals surface area contributed by atoms with Gasteiger partial charge in [-0.05, 0) is 6.07 Å². The molecule has 0 atom stereocenters. The molecule has 4 nitrogen and oxygen atoms in total. The van der Waals surface area contributed by atoms with Crippen LogP contribution in [0.15, 0.2) is 6.07 Å². The SMILES string of the molecule is O=C([O-])Cc1cc(Cl)nnc1Cl.[Li+]. The van der Waals surface area contributed by atoms with E-state index in [1.54, 1.807) is 0 Å². The Morgan fingerprint density at radius 1 is 1.46 bits per heavy atom. The Bertz CT molecular complexity index is 322. The summed E-state index contributed by atoms with van der Waals surface area (Å²) >= 11 is 11.0. The molecule has 0 spiro atoms. The van der Waals surface area contributed by atoms with Crippen molar-refractivity contribution in [2.24, 2.45) is 0 Å². The summed E-state index contributed by atoms with van der Waals surface area (Å²) in [5, 5.41) is 17.2. The van der Waals surface area contributed by atoms with Crippen molar-refractivity contribution in [3.05, 3.63) is 21.9 Å². The molecule has 0 aliphatic heterocycles. The van der Waals surface area contributed by atoms with Crippen molar-refractivity contribution < 1.29 is 28.8 Å². The molecular weight excluding hydrogens is 210 g/mol. The zero-order valence-corrected chi connectivity index (χ0v) is 8.26. The Kier molecular flexibility index (Phi) is 5.34. The van der Waals surface area contributed by atoms with Crippen molar-refractivity contribution in [2.45, 2.75) is 6.42 Å². The molecule has 13 heavy (non-hydrogen) atoms. The molecular formula is C6H3Cl2LiN2O2. The van der Waals surface area contributed by atoms with Gasteiger partial charge in [0.25, 0.3) is 0 Å². The summed E-state index contributed by atoms with van der Waals surface area (Å²) in [6.07, 6.45) is -0.311. The van der Waals surface area contributed by atoms with Crippen molar-refractivity contribution >= 4 is 29.2 Å². The summed E-state index contributed by atoms with van der Waals surface area (Å²) in [6, 6.07) is 1.34. The Morgan fingerprint density at radius 3 is 2.62 bits per heavy atom. The fourth-order valence-electron chi connectivity index (χ4n) is 0.668. The number of aliphatic carboxylic acids is 1. The Morgan fingerprint density at radius 2 is 2.08 bits per heavy atom. The van der Waals surface area contributed by atoms with Crippen LogP contribution in [0.4, 0.5) is 0 Å². The van der Waals surface area contributed by atoms with Gasteiger partial charge in [0.1, 0.15) is 0 Å². The van der Waals surface area contributed by atoms with Gasteiger partial charge in [-0.2, -0.15) is 0 Å². The van der Waals surface area contributed by atoms with Crippen molar-refractivity contribution in [2.75, 3.05) is 0 Å². The first-order valence-electron chi connectivity index (χ1n) is 2.97. The third-order valence-electron chi connectivity index (χ3n) is 1.13. The van der Waals surface area contributed by atoms with Gasteiger partial charge in [0.15, 0.2) is 10.3 Å². The van der Waals surface area contributed by atoms with Gasteiger partial charge in [0.2, 0.25) is 0 Å². The molecule has 64 valence electrons. The molecule has 7 heteroatoms. The van der Waals surface area contributed by atoms with Gasteiger partial charge in [-0.1, -0.05) is 23.2 Å². The number of halogens is 2. The molecule has 1 rings (SSSR count). The molecule has 1 aromatic rings. The van der Waals surface area contributed by atoms with Crippen molar-refractivity contribution in [3.63, 3.8) is 0 Å². The molecule has 0 N–H and O–H groups in total. The number of carboxylic acids is 1. The number of aromatic nitrogens is 2. The standard InChI is InChI=1S/C6H4Cl2N2O2.Li/c7-4-1-3(2-5(11)12)6(8)10-9-4;/h1H,2H2,(H,11,12);/q;+1/p-1. The predicted octanol–water partition coefficient (Wildman–Crippen LogP) is -2.92. The van der Waals surface area contributed by atoms with Gasteiger partial charge in [-0.3, -0.25) is 0 Å². The van der Waals surface area contributed by atoms with E-state index in [1.165, 1.54) is 6.07 Å². The molecule has 0 saturated heterocycles. The second kappa shape index (κ2) is 5.46. The average Bonchev–Trinajstić information content (AvgIpc) is 1.96. The summed E-state index contributed by atoms with van der Waals surface area (Å²) in [5.41, 5.74) is 0.302. The summed E-state index contributed by atoms with van der Waals surface area (Å²) < 4.78 is 0. The Labute approximate surface area is 96.4 Å². The molecule has 0 aromatic carbocycles. The van der Waals surface area contributed by atoms with E-state index in [-0.39, 0.29) is 35.6 Å². The number of nitrogens with zero attached hydrogens (tertiary/aromatic N) is 2. The van der Waals surface area contributed by atoms with E-state index in [2.05, 4.69) is 10.2 Å². The second-order valence-corrected chi connectivity index (χ2v) is 2.78. The molecule has 0 bridgehead atoms. The van der Waals surface area contributed by atoms with Gasteiger partial charge < -0.3 is 9.90 Å². The molecule has 0 amide bonds. The van der Waals surface area contributed by atoms with Crippen molar-refractivity contribution in [3.8, 4) is 0 Å². The van der Waals surface area contributed by atoms with Crippen LogP contribution in [-0.2, 0) is 11.2 Å². The van der Waals surface area contributed by atoms with Crippen LogP contribution in [0.25, 0.3) is 0 Å². The van der Waals surface area contributed by atoms with E-state index in [4.69, 9.17) is 23.2 Å². The van der Waals surface area contributed by atoms with Gasteiger partial charge in [-0.15, -0.1) is 10.2 Å². The molecule has 0 aliphatic carbocycles. The number of carboxylic acid groups (broad SMARTS) is 1. The number of carbonyl (C=O) groups excluding carboxylic acids is 1. The van der Waals surface area contributed by atoms with Crippen molar-refractivity contribution in [1.29, 1.82) is 0 Å². The molecule has 0 fully saturated rings. The maximum Gasteiger partial charge on any atom is 1.00 e. The maximum atomic E-state index is 10.2. The number of rotatable bonds is 2. The average molecular weight is 213 g/mol. The van der Waals surface area contributed by atoms with E-state index in [9.17, 15) is 9.90 Å². The zero-order chi connectivity index (χ0) is 9.14. The summed E-state index contributed by atoms with van der Waals surface area (Å²) in [6.45, 7) is 0. The van der Waals surface area contributed by atoms with Crippen LogP contribution >= 0.6 is 23.2 Å². The normalized spacial score (nSPS) is 9.08. The third kappa shape index (κ3) is 3.97. The van der Waals surface area contributed by atoms with Crippen LogP contribution in [0.1, 0.15) is 5.56 Å². The third-order valence-corrected chi connectivity index (χ3v) is 1.63. The van der Waals surface area contributed by atoms with E-state index in [0.717, 1.165) is 0 Å². The first-order chi connectivity index (χ1) is 5.59. The number of carbonyl (C=O) groups is 1. The maximum absolute atomic E-state index is 10.2. The van der Waals surface area contributed by atoms with Gasteiger partial charge >= 0.3 is 18.9 Å². The van der Waals surface area contributed by atoms with Crippen LogP contribution in [0.5, 0.6) is 0 Å². The van der Waals surface area contributed by atoms with Gasteiger partial charge in [-0.25, -0.2) is 0 Å². The summed E-state index contributed by atoms with van der Waals surface area (Å²) in [4.78, 5) is 10.2.